The maximum atomic E-state index is 13.1. The van der Waals surface area contributed by atoms with E-state index in [1.165, 1.54) is 7.05 Å². The van der Waals surface area contributed by atoms with Crippen LogP contribution in [0.4, 0.5) is 0 Å². The molecule has 1 aromatic rings. The second-order valence-electron chi connectivity index (χ2n) is 7.76. The number of likely N-dealkylation sites (N-methyl/N-ethyl adjacent to an activating group) is 1. The molecule has 8 nitrogen and oxygen atoms in total. The summed E-state index contributed by atoms with van der Waals surface area (Å²) in [6.07, 6.45) is 6.58. The number of carbonyl (C=O) groups is 4. The average molecular weight is 415 g/mol. The maximum Gasteiger partial charge on any atom is 0.266 e. The van der Waals surface area contributed by atoms with E-state index in [1.807, 2.05) is 0 Å². The van der Waals surface area contributed by atoms with Crippen molar-refractivity contribution in [3.05, 3.63) is 29.3 Å². The van der Waals surface area contributed by atoms with Crippen molar-refractivity contribution in [3.63, 3.8) is 0 Å². The average Bonchev–Trinajstić information content (AvgIpc) is 3.00. The van der Waals surface area contributed by atoms with Gasteiger partial charge < -0.3 is 10.5 Å². The first-order valence-electron chi connectivity index (χ1n) is 10.6. The van der Waals surface area contributed by atoms with Crippen LogP contribution in [0.25, 0.3) is 0 Å². The highest BCUT2D eigenvalue weighted by molar-refractivity contribution is 6.24. The van der Waals surface area contributed by atoms with Gasteiger partial charge in [0.2, 0.25) is 5.91 Å². The zero-order valence-corrected chi connectivity index (χ0v) is 17.4. The summed E-state index contributed by atoms with van der Waals surface area (Å²) in [4.78, 5) is 52.2. The highest BCUT2D eigenvalue weighted by Crippen LogP contribution is 2.34. The molecule has 0 bridgehead atoms. The second-order valence-corrected chi connectivity index (χ2v) is 7.76. The molecule has 1 unspecified atom stereocenters. The van der Waals surface area contributed by atoms with E-state index in [0.717, 1.165) is 54.9 Å². The van der Waals surface area contributed by atoms with Crippen LogP contribution in [0, 0.1) is 0 Å². The Labute approximate surface area is 176 Å². The predicted octanol–water partition coefficient (Wildman–Crippen LogP) is 2.11. The number of rotatable bonds is 10. The van der Waals surface area contributed by atoms with Crippen molar-refractivity contribution >= 4 is 23.6 Å². The first kappa shape index (κ1) is 22.0. The Balaban J connectivity index is 1.64. The van der Waals surface area contributed by atoms with Crippen molar-refractivity contribution in [1.29, 1.82) is 0 Å². The predicted molar refractivity (Wildman–Crippen MR) is 110 cm³/mol. The van der Waals surface area contributed by atoms with Gasteiger partial charge in [-0.1, -0.05) is 31.7 Å². The van der Waals surface area contributed by atoms with E-state index in [1.54, 1.807) is 18.2 Å². The molecule has 1 fully saturated rings. The van der Waals surface area contributed by atoms with Gasteiger partial charge in [-0.25, -0.2) is 0 Å². The van der Waals surface area contributed by atoms with Crippen LogP contribution < -0.4 is 10.5 Å². The molecular weight excluding hydrogens is 386 g/mol. The van der Waals surface area contributed by atoms with Crippen LogP contribution in [0.15, 0.2) is 18.2 Å². The second kappa shape index (κ2) is 9.84. The summed E-state index contributed by atoms with van der Waals surface area (Å²) < 4.78 is 5.83. The van der Waals surface area contributed by atoms with Crippen LogP contribution >= 0.6 is 0 Å². The van der Waals surface area contributed by atoms with E-state index in [-0.39, 0.29) is 29.9 Å². The van der Waals surface area contributed by atoms with Crippen LogP contribution in [0.5, 0.6) is 5.75 Å². The first-order chi connectivity index (χ1) is 14.5. The molecule has 0 spiro atoms. The fourth-order valence-corrected chi connectivity index (χ4v) is 3.95. The van der Waals surface area contributed by atoms with Gasteiger partial charge in [-0.05, 0) is 37.9 Å². The van der Waals surface area contributed by atoms with E-state index in [0.29, 0.717) is 12.4 Å². The summed E-state index contributed by atoms with van der Waals surface area (Å²) in [5, 5.41) is 0. The van der Waals surface area contributed by atoms with Crippen molar-refractivity contribution in [1.82, 2.24) is 9.80 Å². The number of carbonyl (C=O) groups excluding carboxylic acids is 4. The molecule has 3 rings (SSSR count). The van der Waals surface area contributed by atoms with Gasteiger partial charge in [0.05, 0.1) is 17.7 Å². The fourth-order valence-electron chi connectivity index (χ4n) is 3.95. The number of nitrogens with two attached hydrogens (primary N) is 1. The zero-order chi connectivity index (χ0) is 21.7. The topological polar surface area (TPSA) is 110 Å². The first-order valence-corrected chi connectivity index (χ1v) is 10.6. The van der Waals surface area contributed by atoms with Gasteiger partial charge in [-0.3, -0.25) is 29.0 Å². The van der Waals surface area contributed by atoms with Crippen molar-refractivity contribution in [3.8, 4) is 5.75 Å². The normalized spacial score (nSPS) is 18.9. The highest BCUT2D eigenvalue weighted by Gasteiger charge is 2.47. The summed E-state index contributed by atoms with van der Waals surface area (Å²) in [6, 6.07) is 3.96. The number of fused-ring (bicyclic) bond motifs is 1. The minimum atomic E-state index is -0.957. The Kier molecular flexibility index (Phi) is 7.20. The molecule has 0 saturated carbocycles. The molecule has 8 heteroatoms. The van der Waals surface area contributed by atoms with Crippen LogP contribution in [0.3, 0.4) is 0 Å². The van der Waals surface area contributed by atoms with E-state index >= 15 is 0 Å². The monoisotopic (exact) mass is 415 g/mol. The van der Waals surface area contributed by atoms with E-state index in [4.69, 9.17) is 10.5 Å². The lowest BCUT2D eigenvalue weighted by molar-refractivity contribution is -0.149. The molecule has 0 aromatic heterocycles. The van der Waals surface area contributed by atoms with Gasteiger partial charge in [-0.15, -0.1) is 0 Å². The SMILES string of the molecule is CN1C(=O)CCC(N2C(=O)c3cccc(OCCCCCCCCN)c3C2=O)C1=O. The van der Waals surface area contributed by atoms with E-state index in [9.17, 15) is 19.2 Å². The summed E-state index contributed by atoms with van der Waals surface area (Å²) >= 11 is 0. The molecule has 1 saturated heterocycles. The minimum absolute atomic E-state index is 0.120. The minimum Gasteiger partial charge on any atom is -0.493 e. The Morgan fingerprint density at radius 3 is 2.43 bits per heavy atom. The number of amides is 4. The van der Waals surface area contributed by atoms with Gasteiger partial charge in [-0.2, -0.15) is 0 Å². The summed E-state index contributed by atoms with van der Waals surface area (Å²) in [5.41, 5.74) is 5.94. The zero-order valence-electron chi connectivity index (χ0n) is 17.4. The number of piperidine rings is 1. The number of hydrogen-bond donors (Lipinski definition) is 1. The quantitative estimate of drug-likeness (QED) is 0.463. The molecule has 2 aliphatic rings. The van der Waals surface area contributed by atoms with Crippen molar-refractivity contribution in [2.45, 2.75) is 57.4 Å². The number of benzene rings is 1. The van der Waals surface area contributed by atoms with Gasteiger partial charge in [0.1, 0.15) is 11.8 Å². The largest absolute Gasteiger partial charge is 0.493 e. The van der Waals surface area contributed by atoms with Crippen LogP contribution in [0.1, 0.15) is 72.1 Å². The molecule has 2 aliphatic heterocycles. The van der Waals surface area contributed by atoms with Crippen LogP contribution in [-0.2, 0) is 9.59 Å². The molecule has 4 amide bonds. The Morgan fingerprint density at radius 1 is 1.00 bits per heavy atom. The molecule has 2 N–H and O–H groups in total. The number of ether oxygens (including phenoxy) is 1. The van der Waals surface area contributed by atoms with E-state index < -0.39 is 23.8 Å². The van der Waals surface area contributed by atoms with Gasteiger partial charge in [0, 0.05) is 13.5 Å². The number of nitrogens with zero attached hydrogens (tertiary/aromatic N) is 2. The Morgan fingerprint density at radius 2 is 1.70 bits per heavy atom. The smallest absolute Gasteiger partial charge is 0.266 e. The Bertz CT molecular complexity index is 838. The molecule has 30 heavy (non-hydrogen) atoms. The number of hydrogen-bond acceptors (Lipinski definition) is 6. The highest BCUT2D eigenvalue weighted by atomic mass is 16.5. The molecular formula is C22H29N3O5. The number of imide groups is 2. The van der Waals surface area contributed by atoms with Crippen LogP contribution in [-0.4, -0.2) is 59.7 Å². The van der Waals surface area contributed by atoms with Gasteiger partial charge in [0.15, 0.2) is 0 Å². The molecule has 162 valence electrons. The molecule has 2 heterocycles. The molecule has 0 radical (unpaired) electrons. The Hall–Kier alpha value is -2.74. The van der Waals surface area contributed by atoms with Crippen molar-refractivity contribution in [2.75, 3.05) is 20.2 Å². The fraction of sp³-hybridized carbons (Fsp3) is 0.545. The van der Waals surface area contributed by atoms with Crippen molar-refractivity contribution < 1.29 is 23.9 Å². The summed E-state index contributed by atoms with van der Waals surface area (Å²) in [6.45, 7) is 1.18. The summed E-state index contributed by atoms with van der Waals surface area (Å²) in [7, 11) is 1.37. The lowest BCUT2D eigenvalue weighted by Gasteiger charge is -2.32. The van der Waals surface area contributed by atoms with Gasteiger partial charge >= 0.3 is 0 Å². The van der Waals surface area contributed by atoms with Crippen LogP contribution in [0.2, 0.25) is 0 Å². The molecule has 1 aromatic carbocycles. The van der Waals surface area contributed by atoms with Gasteiger partial charge in [0.25, 0.3) is 17.7 Å². The lowest BCUT2D eigenvalue weighted by Crippen LogP contribution is -2.54. The van der Waals surface area contributed by atoms with Crippen molar-refractivity contribution in [2.24, 2.45) is 5.73 Å². The maximum absolute atomic E-state index is 13.1. The third kappa shape index (κ3) is 4.38. The third-order valence-corrected chi connectivity index (χ3v) is 5.70. The molecule has 1 atom stereocenters. The van der Waals surface area contributed by atoms with E-state index in [2.05, 4.69) is 0 Å². The number of likely N-dealkylation sites (tertiary alicyclic amines) is 1. The molecule has 0 aliphatic carbocycles. The standard InChI is InChI=1S/C22H29N3O5/c1-24-18(26)12-11-16(21(24)28)25-20(27)15-9-8-10-17(19(15)22(25)29)30-14-7-5-3-2-4-6-13-23/h8-10,16H,2-7,11-14,23H2,1H3. The lowest BCUT2D eigenvalue weighted by atomic mass is 10.0. The number of unbranched alkanes of at least 4 members (excludes halogenated alkanes) is 5. The third-order valence-electron chi connectivity index (χ3n) is 5.70. The summed E-state index contributed by atoms with van der Waals surface area (Å²) in [5.74, 6) is -1.52.